The molecule has 0 spiro atoms. The third kappa shape index (κ3) is 4.84. The van der Waals surface area contributed by atoms with Crippen LogP contribution in [0.25, 0.3) is 0 Å². The fraction of sp³-hybridized carbons (Fsp3) is 0.435. The molecule has 2 heterocycles. The van der Waals surface area contributed by atoms with E-state index in [2.05, 4.69) is 28.2 Å². The predicted octanol–water partition coefficient (Wildman–Crippen LogP) is 2.74. The Hall–Kier alpha value is -3.17. The molecule has 2 aromatic carbocycles. The van der Waals surface area contributed by atoms with Gasteiger partial charge in [-0.15, -0.1) is 0 Å². The minimum atomic E-state index is -0.476. The Kier molecular flexibility index (Phi) is 6.57. The number of nitrogens with zero attached hydrogens (tertiary/aromatic N) is 4. The number of nitro groups is 1. The lowest BCUT2D eigenvalue weighted by Crippen LogP contribution is -2.44. The van der Waals surface area contributed by atoms with Crippen molar-refractivity contribution in [2.75, 3.05) is 74.6 Å². The number of hydrogen-bond acceptors (Lipinski definition) is 7. The topological polar surface area (TPSA) is 91.2 Å². The average Bonchev–Trinajstić information content (AvgIpc) is 2.81. The van der Waals surface area contributed by atoms with Crippen LogP contribution in [-0.2, 0) is 4.74 Å². The van der Waals surface area contributed by atoms with Gasteiger partial charge in [-0.2, -0.15) is 0 Å². The molecule has 2 aromatic rings. The van der Waals surface area contributed by atoms with Crippen LogP contribution in [-0.4, -0.2) is 75.3 Å². The molecule has 0 unspecified atom stereocenters. The van der Waals surface area contributed by atoms with Crippen LogP contribution in [0, 0.1) is 17.0 Å². The summed E-state index contributed by atoms with van der Waals surface area (Å²) in [4.78, 5) is 30.7. The maximum Gasteiger partial charge on any atom is 0.270 e. The van der Waals surface area contributed by atoms with Gasteiger partial charge in [0.1, 0.15) is 0 Å². The zero-order valence-corrected chi connectivity index (χ0v) is 18.5. The van der Waals surface area contributed by atoms with Crippen LogP contribution in [0.1, 0.15) is 15.9 Å². The summed E-state index contributed by atoms with van der Waals surface area (Å²) in [6.45, 7) is 8.34. The van der Waals surface area contributed by atoms with E-state index in [1.807, 2.05) is 24.0 Å². The number of nitrogens with one attached hydrogen (secondary N) is 1. The van der Waals surface area contributed by atoms with E-state index in [4.69, 9.17) is 4.74 Å². The number of ether oxygens (including phenoxy) is 1. The molecule has 0 aliphatic carbocycles. The Morgan fingerprint density at radius 3 is 2.38 bits per heavy atom. The molecular weight excluding hydrogens is 410 g/mol. The number of hydrogen-bond donors (Lipinski definition) is 1. The number of anilines is 3. The Labute approximate surface area is 187 Å². The van der Waals surface area contributed by atoms with E-state index in [-0.39, 0.29) is 11.6 Å². The number of carbonyl (C=O) groups is 1. The lowest BCUT2D eigenvalue weighted by molar-refractivity contribution is -0.384. The summed E-state index contributed by atoms with van der Waals surface area (Å²) >= 11 is 0. The summed E-state index contributed by atoms with van der Waals surface area (Å²) in [6.07, 6.45) is 0. The molecule has 2 fully saturated rings. The number of morpholine rings is 1. The van der Waals surface area contributed by atoms with Crippen LogP contribution < -0.4 is 15.1 Å². The van der Waals surface area contributed by atoms with Crippen molar-refractivity contribution in [3.8, 4) is 0 Å². The molecule has 0 atom stereocenters. The number of benzene rings is 2. The number of piperazine rings is 1. The molecule has 0 aromatic heterocycles. The van der Waals surface area contributed by atoms with Crippen LogP contribution in [0.5, 0.6) is 0 Å². The van der Waals surface area contributed by atoms with Gasteiger partial charge in [0.2, 0.25) is 0 Å². The Balaban J connectivity index is 1.56. The molecule has 4 rings (SSSR count). The largest absolute Gasteiger partial charge is 0.378 e. The molecule has 2 aliphatic rings. The highest BCUT2D eigenvalue weighted by Gasteiger charge is 2.23. The maximum atomic E-state index is 13.2. The van der Waals surface area contributed by atoms with Gasteiger partial charge < -0.3 is 24.8 Å². The molecule has 0 saturated carbocycles. The SMILES string of the molecule is Cc1cc(N2CCN(C)CC2)ccc1NC(=O)c1cc([N+](=O)[O-])ccc1N1CCOCC1. The second-order valence-electron chi connectivity index (χ2n) is 8.30. The summed E-state index contributed by atoms with van der Waals surface area (Å²) in [5, 5.41) is 14.3. The van der Waals surface area contributed by atoms with Crippen molar-refractivity contribution in [2.45, 2.75) is 6.92 Å². The number of amides is 1. The van der Waals surface area contributed by atoms with Crippen molar-refractivity contribution in [2.24, 2.45) is 0 Å². The van der Waals surface area contributed by atoms with E-state index in [9.17, 15) is 14.9 Å². The van der Waals surface area contributed by atoms with E-state index in [0.717, 1.165) is 37.4 Å². The molecule has 2 aliphatic heterocycles. The number of rotatable bonds is 5. The van der Waals surface area contributed by atoms with Crippen molar-refractivity contribution < 1.29 is 14.5 Å². The number of aryl methyl sites for hydroxylation is 1. The smallest absolute Gasteiger partial charge is 0.270 e. The monoisotopic (exact) mass is 439 g/mol. The fourth-order valence-corrected chi connectivity index (χ4v) is 4.14. The second kappa shape index (κ2) is 9.54. The lowest BCUT2D eigenvalue weighted by atomic mass is 10.1. The van der Waals surface area contributed by atoms with Gasteiger partial charge in [-0.05, 0) is 43.8 Å². The molecule has 1 amide bonds. The highest BCUT2D eigenvalue weighted by atomic mass is 16.6. The number of likely N-dealkylation sites (N-methyl/N-ethyl adjacent to an activating group) is 1. The van der Waals surface area contributed by atoms with Gasteiger partial charge in [0, 0.05) is 62.8 Å². The van der Waals surface area contributed by atoms with Crippen molar-refractivity contribution >= 4 is 28.7 Å². The van der Waals surface area contributed by atoms with Gasteiger partial charge in [-0.3, -0.25) is 14.9 Å². The highest BCUT2D eigenvalue weighted by Crippen LogP contribution is 2.29. The maximum absolute atomic E-state index is 13.2. The molecule has 0 bridgehead atoms. The third-order valence-electron chi connectivity index (χ3n) is 6.11. The third-order valence-corrected chi connectivity index (χ3v) is 6.11. The zero-order chi connectivity index (χ0) is 22.7. The quantitative estimate of drug-likeness (QED) is 0.566. The predicted molar refractivity (Wildman–Crippen MR) is 125 cm³/mol. The molecule has 9 nitrogen and oxygen atoms in total. The molecule has 2 saturated heterocycles. The molecule has 0 radical (unpaired) electrons. The first-order chi connectivity index (χ1) is 15.4. The Morgan fingerprint density at radius 2 is 1.72 bits per heavy atom. The first kappa shape index (κ1) is 22.0. The van der Waals surface area contributed by atoms with Gasteiger partial charge in [0.25, 0.3) is 11.6 Å². The summed E-state index contributed by atoms with van der Waals surface area (Å²) in [6, 6.07) is 10.5. The molecule has 1 N–H and O–H groups in total. The summed E-state index contributed by atoms with van der Waals surface area (Å²) in [7, 11) is 2.13. The summed E-state index contributed by atoms with van der Waals surface area (Å²) < 4.78 is 5.40. The average molecular weight is 440 g/mol. The molecule has 170 valence electrons. The normalized spacial score (nSPS) is 17.3. The van der Waals surface area contributed by atoms with Crippen molar-refractivity contribution in [3.63, 3.8) is 0 Å². The summed E-state index contributed by atoms with van der Waals surface area (Å²) in [5.74, 6) is -0.356. The van der Waals surface area contributed by atoms with Gasteiger partial charge in [0.05, 0.1) is 29.4 Å². The van der Waals surface area contributed by atoms with Gasteiger partial charge >= 0.3 is 0 Å². The summed E-state index contributed by atoms with van der Waals surface area (Å²) in [5.41, 5.74) is 3.67. The van der Waals surface area contributed by atoms with Crippen molar-refractivity contribution in [1.82, 2.24) is 4.90 Å². The minimum absolute atomic E-state index is 0.103. The van der Waals surface area contributed by atoms with Crippen LogP contribution in [0.15, 0.2) is 36.4 Å². The van der Waals surface area contributed by atoms with Crippen LogP contribution in [0.3, 0.4) is 0 Å². The van der Waals surface area contributed by atoms with Crippen molar-refractivity contribution in [1.29, 1.82) is 0 Å². The van der Waals surface area contributed by atoms with Crippen LogP contribution >= 0.6 is 0 Å². The van der Waals surface area contributed by atoms with Gasteiger partial charge in [-0.25, -0.2) is 0 Å². The highest BCUT2D eigenvalue weighted by molar-refractivity contribution is 6.09. The van der Waals surface area contributed by atoms with E-state index >= 15 is 0 Å². The standard InChI is InChI=1S/C23H29N5O4/c1-17-15-18(26-9-7-25(2)8-10-26)3-5-21(17)24-23(29)20-16-19(28(30)31)4-6-22(20)27-11-13-32-14-12-27/h3-6,15-16H,7-14H2,1-2H3,(H,24,29). The zero-order valence-electron chi connectivity index (χ0n) is 18.5. The van der Waals surface area contributed by atoms with E-state index in [1.54, 1.807) is 6.07 Å². The fourth-order valence-electron chi connectivity index (χ4n) is 4.14. The first-order valence-electron chi connectivity index (χ1n) is 10.9. The van der Waals surface area contributed by atoms with E-state index < -0.39 is 4.92 Å². The van der Waals surface area contributed by atoms with E-state index in [1.165, 1.54) is 12.1 Å². The van der Waals surface area contributed by atoms with Crippen molar-refractivity contribution in [3.05, 3.63) is 57.6 Å². The van der Waals surface area contributed by atoms with Crippen LogP contribution in [0.2, 0.25) is 0 Å². The van der Waals surface area contributed by atoms with Crippen LogP contribution in [0.4, 0.5) is 22.7 Å². The van der Waals surface area contributed by atoms with Gasteiger partial charge in [-0.1, -0.05) is 0 Å². The lowest BCUT2D eigenvalue weighted by Gasteiger charge is -2.34. The number of non-ortho nitro benzene ring substituents is 1. The van der Waals surface area contributed by atoms with Gasteiger partial charge in [0.15, 0.2) is 0 Å². The second-order valence-corrected chi connectivity index (χ2v) is 8.30. The molecule has 9 heteroatoms. The molecule has 32 heavy (non-hydrogen) atoms. The number of nitro benzene ring substituents is 1. The Morgan fingerprint density at radius 1 is 1.00 bits per heavy atom. The number of carbonyl (C=O) groups excluding carboxylic acids is 1. The minimum Gasteiger partial charge on any atom is -0.378 e. The Bertz CT molecular complexity index is 998. The van der Waals surface area contributed by atoms with E-state index in [0.29, 0.717) is 43.2 Å². The first-order valence-corrected chi connectivity index (χ1v) is 10.9. The molecular formula is C23H29N5O4.